The molecule has 0 radical (unpaired) electrons. The van der Waals surface area contributed by atoms with Crippen LogP contribution in [0, 0.1) is 24.0 Å². The minimum atomic E-state index is -0.624. The SMILES string of the molecule is Cc1cccc(NC(=O)c2cccn(OCc3cccc([N+](=O)[O-])c3)c2=O)c1C. The summed E-state index contributed by atoms with van der Waals surface area (Å²) in [6, 6.07) is 14.4. The zero-order valence-electron chi connectivity index (χ0n) is 15.9. The van der Waals surface area contributed by atoms with Gasteiger partial charge in [0.2, 0.25) is 0 Å². The van der Waals surface area contributed by atoms with Crippen LogP contribution in [0.4, 0.5) is 11.4 Å². The molecule has 8 nitrogen and oxygen atoms in total. The third-order valence-corrected chi connectivity index (χ3v) is 4.50. The fourth-order valence-corrected chi connectivity index (χ4v) is 2.73. The van der Waals surface area contributed by atoms with Gasteiger partial charge in [-0.2, -0.15) is 4.73 Å². The van der Waals surface area contributed by atoms with Gasteiger partial charge in [0.1, 0.15) is 12.2 Å². The molecule has 0 saturated carbocycles. The van der Waals surface area contributed by atoms with Crippen molar-refractivity contribution >= 4 is 17.3 Å². The number of nitrogens with zero attached hydrogens (tertiary/aromatic N) is 2. The van der Waals surface area contributed by atoms with Crippen LogP contribution in [0.5, 0.6) is 0 Å². The number of amides is 1. The molecule has 148 valence electrons. The highest BCUT2D eigenvalue weighted by molar-refractivity contribution is 6.04. The van der Waals surface area contributed by atoms with E-state index in [1.807, 2.05) is 26.0 Å². The smallest absolute Gasteiger partial charge is 0.295 e. The van der Waals surface area contributed by atoms with E-state index in [9.17, 15) is 19.7 Å². The number of hydrogen-bond donors (Lipinski definition) is 1. The highest BCUT2D eigenvalue weighted by Gasteiger charge is 2.15. The van der Waals surface area contributed by atoms with E-state index < -0.39 is 16.4 Å². The summed E-state index contributed by atoms with van der Waals surface area (Å²) >= 11 is 0. The first-order valence-electron chi connectivity index (χ1n) is 8.82. The lowest BCUT2D eigenvalue weighted by Gasteiger charge is -2.12. The number of nitro benzene ring substituents is 1. The molecule has 0 fully saturated rings. The molecule has 1 aromatic heterocycles. The Labute approximate surface area is 166 Å². The van der Waals surface area contributed by atoms with Crippen molar-refractivity contribution in [3.8, 4) is 0 Å². The van der Waals surface area contributed by atoms with E-state index in [2.05, 4.69) is 5.32 Å². The standard InChI is InChI=1S/C21H19N3O5/c1-14-6-3-10-19(15(14)2)22-20(25)18-9-5-11-23(21(18)26)29-13-16-7-4-8-17(12-16)24(27)28/h3-12H,13H2,1-2H3,(H,22,25). The van der Waals surface area contributed by atoms with E-state index in [0.29, 0.717) is 11.3 Å². The molecule has 1 amide bonds. The Morgan fingerprint density at radius 2 is 1.90 bits per heavy atom. The van der Waals surface area contributed by atoms with Gasteiger partial charge in [-0.25, -0.2) is 0 Å². The molecule has 0 aliphatic carbocycles. The molecule has 1 N–H and O–H groups in total. The van der Waals surface area contributed by atoms with E-state index in [0.717, 1.165) is 15.9 Å². The molecule has 0 unspecified atom stereocenters. The normalized spacial score (nSPS) is 10.4. The van der Waals surface area contributed by atoms with Crippen LogP contribution in [0.2, 0.25) is 0 Å². The first-order valence-corrected chi connectivity index (χ1v) is 8.82. The number of nitro groups is 1. The molecule has 3 aromatic rings. The zero-order valence-corrected chi connectivity index (χ0v) is 15.9. The molecule has 8 heteroatoms. The monoisotopic (exact) mass is 393 g/mol. The van der Waals surface area contributed by atoms with Crippen LogP contribution < -0.4 is 15.7 Å². The molecule has 29 heavy (non-hydrogen) atoms. The summed E-state index contributed by atoms with van der Waals surface area (Å²) in [7, 11) is 0. The van der Waals surface area contributed by atoms with E-state index in [-0.39, 0.29) is 17.9 Å². The van der Waals surface area contributed by atoms with Gasteiger partial charge in [-0.1, -0.05) is 24.3 Å². The van der Waals surface area contributed by atoms with Crippen molar-refractivity contribution in [1.29, 1.82) is 0 Å². The third kappa shape index (κ3) is 4.49. The number of nitrogens with one attached hydrogen (secondary N) is 1. The Hall–Kier alpha value is -3.94. The molecule has 0 aliphatic heterocycles. The van der Waals surface area contributed by atoms with Crippen molar-refractivity contribution in [2.45, 2.75) is 20.5 Å². The number of benzene rings is 2. The number of pyridine rings is 1. The average Bonchev–Trinajstić information content (AvgIpc) is 2.70. The molecule has 0 aliphatic rings. The molecule has 2 aromatic carbocycles. The van der Waals surface area contributed by atoms with Crippen LogP contribution in [0.25, 0.3) is 0 Å². The Morgan fingerprint density at radius 1 is 1.14 bits per heavy atom. The van der Waals surface area contributed by atoms with Crippen LogP contribution in [-0.4, -0.2) is 15.6 Å². The summed E-state index contributed by atoms with van der Waals surface area (Å²) < 4.78 is 0.941. The Balaban J connectivity index is 1.78. The van der Waals surface area contributed by atoms with Gasteiger partial charge < -0.3 is 10.2 Å². The lowest BCUT2D eigenvalue weighted by Crippen LogP contribution is -2.32. The molecule has 3 rings (SSSR count). The number of rotatable bonds is 6. The van der Waals surface area contributed by atoms with Gasteiger partial charge in [0.05, 0.1) is 4.92 Å². The predicted octanol–water partition coefficient (Wildman–Crippen LogP) is 3.25. The van der Waals surface area contributed by atoms with Gasteiger partial charge >= 0.3 is 0 Å². The maximum Gasteiger partial charge on any atom is 0.295 e. The summed E-state index contributed by atoms with van der Waals surface area (Å²) in [5, 5.41) is 13.6. The van der Waals surface area contributed by atoms with Crippen molar-refractivity contribution in [2.75, 3.05) is 5.32 Å². The highest BCUT2D eigenvalue weighted by atomic mass is 16.7. The second-order valence-corrected chi connectivity index (χ2v) is 6.45. The maximum absolute atomic E-state index is 12.6. The molecule has 0 spiro atoms. The largest absolute Gasteiger partial charge is 0.406 e. The minimum Gasteiger partial charge on any atom is -0.406 e. The number of anilines is 1. The lowest BCUT2D eigenvalue weighted by atomic mass is 10.1. The second kappa shape index (κ2) is 8.39. The molecule has 0 saturated heterocycles. The molecule has 0 bridgehead atoms. The number of carbonyl (C=O) groups is 1. The molecular formula is C21H19N3O5. The topological polar surface area (TPSA) is 103 Å². The quantitative estimate of drug-likeness (QED) is 0.511. The van der Waals surface area contributed by atoms with Crippen LogP contribution in [-0.2, 0) is 6.61 Å². The van der Waals surface area contributed by atoms with E-state index in [1.165, 1.54) is 36.5 Å². The van der Waals surface area contributed by atoms with E-state index in [1.54, 1.807) is 12.1 Å². The number of aromatic nitrogens is 1. The first-order chi connectivity index (χ1) is 13.9. The van der Waals surface area contributed by atoms with Crippen LogP contribution >= 0.6 is 0 Å². The van der Waals surface area contributed by atoms with Crippen molar-refractivity contribution in [2.24, 2.45) is 0 Å². The number of carbonyl (C=O) groups excluding carboxylic acids is 1. The molecule has 0 atom stereocenters. The second-order valence-electron chi connectivity index (χ2n) is 6.45. The van der Waals surface area contributed by atoms with Crippen LogP contribution in [0.15, 0.2) is 65.6 Å². The molecular weight excluding hydrogens is 374 g/mol. The number of non-ortho nitro benzene ring substituents is 1. The van der Waals surface area contributed by atoms with Gasteiger partial charge in [-0.3, -0.25) is 19.7 Å². The van der Waals surface area contributed by atoms with Gasteiger partial charge in [0.15, 0.2) is 0 Å². The van der Waals surface area contributed by atoms with Gasteiger partial charge in [-0.15, -0.1) is 0 Å². The average molecular weight is 393 g/mol. The van der Waals surface area contributed by atoms with Gasteiger partial charge in [0.25, 0.3) is 17.2 Å². The summed E-state index contributed by atoms with van der Waals surface area (Å²) in [6.07, 6.45) is 1.38. The lowest BCUT2D eigenvalue weighted by molar-refractivity contribution is -0.384. The number of aryl methyl sites for hydroxylation is 1. The minimum absolute atomic E-state index is 0.0658. The Morgan fingerprint density at radius 3 is 2.66 bits per heavy atom. The zero-order chi connectivity index (χ0) is 21.0. The third-order valence-electron chi connectivity index (χ3n) is 4.50. The fourth-order valence-electron chi connectivity index (χ4n) is 2.73. The number of hydrogen-bond acceptors (Lipinski definition) is 5. The van der Waals surface area contributed by atoms with Crippen molar-refractivity contribution in [3.05, 3.63) is 104 Å². The molecule has 1 heterocycles. The Bertz CT molecular complexity index is 1140. The van der Waals surface area contributed by atoms with Gasteiger partial charge in [-0.05, 0) is 48.7 Å². The summed E-state index contributed by atoms with van der Waals surface area (Å²) in [6.45, 7) is 3.75. The van der Waals surface area contributed by atoms with E-state index >= 15 is 0 Å². The maximum atomic E-state index is 12.6. The summed E-state index contributed by atoms with van der Waals surface area (Å²) in [5.74, 6) is -0.544. The van der Waals surface area contributed by atoms with Crippen molar-refractivity contribution < 1.29 is 14.6 Å². The van der Waals surface area contributed by atoms with Crippen molar-refractivity contribution in [1.82, 2.24) is 4.73 Å². The van der Waals surface area contributed by atoms with Crippen LogP contribution in [0.1, 0.15) is 27.0 Å². The van der Waals surface area contributed by atoms with Crippen molar-refractivity contribution in [3.63, 3.8) is 0 Å². The fraction of sp³-hybridized carbons (Fsp3) is 0.143. The Kier molecular flexibility index (Phi) is 5.73. The first kappa shape index (κ1) is 19.8. The predicted molar refractivity (Wildman–Crippen MR) is 108 cm³/mol. The summed E-state index contributed by atoms with van der Waals surface area (Å²) in [5.41, 5.74) is 2.32. The van der Waals surface area contributed by atoms with Gasteiger partial charge in [0, 0.05) is 24.0 Å². The highest BCUT2D eigenvalue weighted by Crippen LogP contribution is 2.18. The van der Waals surface area contributed by atoms with E-state index in [4.69, 9.17) is 4.84 Å². The van der Waals surface area contributed by atoms with Crippen LogP contribution in [0.3, 0.4) is 0 Å². The summed E-state index contributed by atoms with van der Waals surface area (Å²) in [4.78, 5) is 41.0.